The lowest BCUT2D eigenvalue weighted by Gasteiger charge is -2.28. The Morgan fingerprint density at radius 1 is 1.60 bits per heavy atom. The van der Waals surface area contributed by atoms with E-state index in [2.05, 4.69) is 33.5 Å². The van der Waals surface area contributed by atoms with Crippen LogP contribution in [0.3, 0.4) is 0 Å². The molecule has 2 rings (SSSR count). The molecular weight excluding hydrogens is 327 g/mol. The summed E-state index contributed by atoms with van der Waals surface area (Å²) in [7, 11) is 0. The highest BCUT2D eigenvalue weighted by molar-refractivity contribution is 9.10. The molecule has 1 aliphatic heterocycles. The van der Waals surface area contributed by atoms with E-state index in [1.54, 1.807) is 6.07 Å². The van der Waals surface area contributed by atoms with Gasteiger partial charge in [0.1, 0.15) is 0 Å². The van der Waals surface area contributed by atoms with E-state index in [0.29, 0.717) is 10.5 Å². The van der Waals surface area contributed by atoms with Crippen LogP contribution in [-0.2, 0) is 4.79 Å². The van der Waals surface area contributed by atoms with Gasteiger partial charge in [0, 0.05) is 16.6 Å². The van der Waals surface area contributed by atoms with Crippen molar-refractivity contribution in [1.29, 1.82) is 0 Å². The first kappa shape index (κ1) is 15.3. The second kappa shape index (κ2) is 7.04. The summed E-state index contributed by atoms with van der Waals surface area (Å²) in [5.41, 5.74) is 0. The zero-order chi connectivity index (χ0) is 14.5. The van der Waals surface area contributed by atoms with Gasteiger partial charge in [-0.05, 0) is 44.5 Å². The highest BCUT2D eigenvalue weighted by Crippen LogP contribution is 2.21. The number of ether oxygens (including phenoxy) is 1. The highest BCUT2D eigenvalue weighted by Gasteiger charge is 2.20. The molecule has 0 bridgehead atoms. The molecule has 2 atom stereocenters. The summed E-state index contributed by atoms with van der Waals surface area (Å²) in [6, 6.07) is 5.04. The zero-order valence-corrected chi connectivity index (χ0v) is 12.9. The Labute approximate surface area is 126 Å². The Morgan fingerprint density at radius 2 is 2.40 bits per heavy atom. The van der Waals surface area contributed by atoms with Crippen molar-refractivity contribution in [1.82, 2.24) is 10.6 Å². The summed E-state index contributed by atoms with van der Waals surface area (Å²) < 4.78 is 19.3. The molecule has 4 nitrogen and oxygen atoms in total. The fraction of sp³-hybridized carbons (Fsp3) is 0.500. The maximum atomic E-state index is 13.5. The summed E-state index contributed by atoms with van der Waals surface area (Å²) >= 11 is 3.17. The first-order chi connectivity index (χ1) is 9.54. The molecule has 1 amide bonds. The van der Waals surface area contributed by atoms with Crippen molar-refractivity contribution in [2.24, 2.45) is 0 Å². The van der Waals surface area contributed by atoms with Gasteiger partial charge in [0.05, 0.1) is 0 Å². The van der Waals surface area contributed by atoms with Gasteiger partial charge in [0.15, 0.2) is 18.2 Å². The number of nitrogens with one attached hydrogen (secondary N) is 2. The lowest BCUT2D eigenvalue weighted by atomic mass is 10.0. The Hall–Kier alpha value is -1.14. The normalized spacial score (nSPS) is 22.4. The number of hydrogen-bond donors (Lipinski definition) is 2. The predicted molar refractivity (Wildman–Crippen MR) is 78.2 cm³/mol. The second-order valence-electron chi connectivity index (χ2n) is 5.01. The van der Waals surface area contributed by atoms with E-state index in [9.17, 15) is 9.18 Å². The van der Waals surface area contributed by atoms with Crippen molar-refractivity contribution in [2.75, 3.05) is 13.2 Å². The van der Waals surface area contributed by atoms with E-state index in [-0.39, 0.29) is 24.3 Å². The predicted octanol–water partition coefficient (Wildman–Crippen LogP) is 2.22. The first-order valence-corrected chi connectivity index (χ1v) is 7.44. The lowest BCUT2D eigenvalue weighted by molar-refractivity contribution is -0.124. The molecule has 0 spiro atoms. The number of benzene rings is 1. The van der Waals surface area contributed by atoms with Gasteiger partial charge >= 0.3 is 0 Å². The van der Waals surface area contributed by atoms with Gasteiger partial charge in [-0.15, -0.1) is 0 Å². The van der Waals surface area contributed by atoms with Crippen LogP contribution >= 0.6 is 15.9 Å². The largest absolute Gasteiger partial charge is 0.481 e. The molecule has 20 heavy (non-hydrogen) atoms. The zero-order valence-electron chi connectivity index (χ0n) is 11.3. The van der Waals surface area contributed by atoms with Crippen molar-refractivity contribution in [3.63, 3.8) is 0 Å². The molecule has 2 N–H and O–H groups in total. The van der Waals surface area contributed by atoms with Crippen LogP contribution in [0.5, 0.6) is 5.75 Å². The topological polar surface area (TPSA) is 50.4 Å². The Bertz CT molecular complexity index is 484. The summed E-state index contributed by atoms with van der Waals surface area (Å²) in [4.78, 5) is 11.8. The number of amides is 1. The maximum absolute atomic E-state index is 13.5. The van der Waals surface area contributed by atoms with E-state index in [4.69, 9.17) is 4.74 Å². The monoisotopic (exact) mass is 344 g/mol. The Balaban J connectivity index is 1.80. The third kappa shape index (κ3) is 4.45. The Morgan fingerprint density at radius 3 is 3.10 bits per heavy atom. The van der Waals surface area contributed by atoms with Crippen LogP contribution in [0.2, 0.25) is 0 Å². The molecule has 0 saturated carbocycles. The quantitative estimate of drug-likeness (QED) is 0.880. The number of carbonyl (C=O) groups excluding carboxylic acids is 1. The van der Waals surface area contributed by atoms with Crippen molar-refractivity contribution in [2.45, 2.75) is 31.8 Å². The van der Waals surface area contributed by atoms with E-state index in [0.717, 1.165) is 19.4 Å². The van der Waals surface area contributed by atoms with Crippen LogP contribution in [0.25, 0.3) is 0 Å². The van der Waals surface area contributed by atoms with Gasteiger partial charge in [-0.2, -0.15) is 0 Å². The molecule has 6 heteroatoms. The molecule has 1 fully saturated rings. The van der Waals surface area contributed by atoms with Crippen molar-refractivity contribution in [3.05, 3.63) is 28.5 Å². The number of rotatable bonds is 4. The summed E-state index contributed by atoms with van der Waals surface area (Å²) in [5, 5.41) is 6.23. The van der Waals surface area contributed by atoms with Crippen molar-refractivity contribution >= 4 is 21.8 Å². The standard InChI is InChI=1S/C14H18BrFN2O2/c1-9-6-11(4-5-17-9)18-14(19)8-20-13-3-2-10(15)7-12(13)16/h2-3,7,9,11,17H,4-6,8H2,1H3,(H,18,19). The van der Waals surface area contributed by atoms with E-state index in [1.807, 2.05) is 0 Å². The third-order valence-electron chi connectivity index (χ3n) is 3.24. The smallest absolute Gasteiger partial charge is 0.258 e. The van der Waals surface area contributed by atoms with E-state index < -0.39 is 5.82 Å². The molecular formula is C14H18BrFN2O2. The Kier molecular flexibility index (Phi) is 5.37. The fourth-order valence-corrected chi connectivity index (χ4v) is 2.60. The molecule has 1 aromatic rings. The molecule has 0 aromatic heterocycles. The summed E-state index contributed by atoms with van der Waals surface area (Å²) in [6.45, 7) is 2.82. The van der Waals surface area contributed by atoms with Crippen LogP contribution in [0, 0.1) is 5.82 Å². The molecule has 0 aliphatic carbocycles. The number of carbonyl (C=O) groups is 1. The third-order valence-corrected chi connectivity index (χ3v) is 3.73. The summed E-state index contributed by atoms with van der Waals surface area (Å²) in [6.07, 6.45) is 1.81. The van der Waals surface area contributed by atoms with Crippen LogP contribution < -0.4 is 15.4 Å². The number of hydrogen-bond acceptors (Lipinski definition) is 3. The van der Waals surface area contributed by atoms with Gasteiger partial charge in [0.25, 0.3) is 5.91 Å². The van der Waals surface area contributed by atoms with E-state index in [1.165, 1.54) is 12.1 Å². The fourth-order valence-electron chi connectivity index (χ4n) is 2.27. The number of halogens is 2. The van der Waals surface area contributed by atoms with Crippen LogP contribution in [0.1, 0.15) is 19.8 Å². The van der Waals surface area contributed by atoms with Crippen molar-refractivity contribution < 1.29 is 13.9 Å². The van der Waals surface area contributed by atoms with Gasteiger partial charge in [-0.3, -0.25) is 4.79 Å². The lowest BCUT2D eigenvalue weighted by Crippen LogP contribution is -2.47. The van der Waals surface area contributed by atoms with Gasteiger partial charge in [-0.25, -0.2) is 4.39 Å². The molecule has 0 radical (unpaired) electrons. The minimum absolute atomic E-state index is 0.0852. The maximum Gasteiger partial charge on any atom is 0.258 e. The molecule has 2 unspecified atom stereocenters. The second-order valence-corrected chi connectivity index (χ2v) is 5.92. The van der Waals surface area contributed by atoms with Gasteiger partial charge < -0.3 is 15.4 Å². The minimum atomic E-state index is -0.484. The van der Waals surface area contributed by atoms with Gasteiger partial charge in [-0.1, -0.05) is 15.9 Å². The van der Waals surface area contributed by atoms with Crippen LogP contribution in [0.15, 0.2) is 22.7 Å². The molecule has 110 valence electrons. The first-order valence-electron chi connectivity index (χ1n) is 6.65. The summed E-state index contributed by atoms with van der Waals surface area (Å²) in [5.74, 6) is -0.615. The van der Waals surface area contributed by atoms with E-state index >= 15 is 0 Å². The van der Waals surface area contributed by atoms with Gasteiger partial charge in [0.2, 0.25) is 0 Å². The number of piperidine rings is 1. The molecule has 1 heterocycles. The average Bonchev–Trinajstić information content (AvgIpc) is 2.37. The van der Waals surface area contributed by atoms with Crippen LogP contribution in [-0.4, -0.2) is 31.1 Å². The highest BCUT2D eigenvalue weighted by atomic mass is 79.9. The minimum Gasteiger partial charge on any atom is -0.481 e. The molecule has 1 aromatic carbocycles. The SMILES string of the molecule is CC1CC(NC(=O)COc2ccc(Br)cc2F)CCN1. The average molecular weight is 345 g/mol. The molecule has 1 saturated heterocycles. The molecule has 1 aliphatic rings. The van der Waals surface area contributed by atoms with Crippen LogP contribution in [0.4, 0.5) is 4.39 Å². The van der Waals surface area contributed by atoms with Crippen molar-refractivity contribution in [3.8, 4) is 5.75 Å².